The smallest absolute Gasteiger partial charge is 0.185 e. The largest absolute Gasteiger partial charge is 0.371 e. The van der Waals surface area contributed by atoms with E-state index in [1.165, 1.54) is 30.5 Å². The minimum absolute atomic E-state index is 0.631. The lowest BCUT2D eigenvalue weighted by molar-refractivity contribution is 0.155. The summed E-state index contributed by atoms with van der Waals surface area (Å²) in [6.45, 7) is 7.54. The van der Waals surface area contributed by atoms with Crippen molar-refractivity contribution in [2.45, 2.75) is 51.7 Å². The molecule has 1 saturated heterocycles. The zero-order valence-corrected chi connectivity index (χ0v) is 21.8. The van der Waals surface area contributed by atoms with Gasteiger partial charge in [-0.05, 0) is 80.8 Å². The van der Waals surface area contributed by atoms with E-state index in [1.54, 1.807) is 0 Å². The molecule has 1 atom stereocenters. The van der Waals surface area contributed by atoms with Gasteiger partial charge in [0.05, 0.1) is 23.0 Å². The maximum absolute atomic E-state index is 9.15. The first-order chi connectivity index (χ1) is 18.1. The van der Waals surface area contributed by atoms with Gasteiger partial charge in [-0.2, -0.15) is 5.26 Å². The zero-order chi connectivity index (χ0) is 25.5. The Balaban J connectivity index is 1.29. The van der Waals surface area contributed by atoms with Gasteiger partial charge in [0.1, 0.15) is 6.33 Å². The summed E-state index contributed by atoms with van der Waals surface area (Å²) in [6.07, 6.45) is 7.59. The Morgan fingerprint density at radius 1 is 1.08 bits per heavy atom. The number of anilines is 1. The van der Waals surface area contributed by atoms with Gasteiger partial charge in [-0.25, -0.2) is 0 Å². The molecule has 0 unspecified atom stereocenters. The number of rotatable bonds is 5. The highest BCUT2D eigenvalue weighted by Gasteiger charge is 2.26. The summed E-state index contributed by atoms with van der Waals surface area (Å²) in [6, 6.07) is 20.2. The third-order valence-corrected chi connectivity index (χ3v) is 8.38. The van der Waals surface area contributed by atoms with Crippen molar-refractivity contribution in [2.75, 3.05) is 25.0 Å². The number of fused-ring (bicyclic) bond motifs is 5. The molecule has 0 radical (unpaired) electrons. The average molecular weight is 492 g/mol. The summed E-state index contributed by atoms with van der Waals surface area (Å²) in [5.74, 6) is 0.847. The monoisotopic (exact) mass is 491 g/mol. The van der Waals surface area contributed by atoms with Crippen LogP contribution in [0.3, 0.4) is 0 Å². The van der Waals surface area contributed by atoms with Gasteiger partial charge in [-0.3, -0.25) is 4.57 Å². The van der Waals surface area contributed by atoms with Gasteiger partial charge < -0.3 is 14.4 Å². The topological polar surface area (TPSA) is 65.9 Å². The van der Waals surface area contributed by atoms with Crippen LogP contribution in [-0.4, -0.2) is 56.5 Å². The number of nitriles is 1. The molecule has 188 valence electrons. The summed E-state index contributed by atoms with van der Waals surface area (Å²) in [5.41, 5.74) is 7.61. The fraction of sp³-hybridized carbons (Fsp3) is 0.367. The quantitative estimate of drug-likeness (QED) is 0.332. The van der Waals surface area contributed by atoms with Crippen LogP contribution in [0.15, 0.2) is 61.1 Å². The van der Waals surface area contributed by atoms with Gasteiger partial charge in [0.15, 0.2) is 5.82 Å². The number of hydrogen-bond acceptors (Lipinski definition) is 5. The standard InChI is InChI=1S/C30H33N7/c1-4-21(2)34(3)26-11-13-35(14-12-26)27-9-10-28-25(15-27)19-36-18-24(23-7-5-22(17-31)6-8-23)16-29(36)30-33-32-20-37(28)30/h5-10,15-16,18,20-21,26H,4,11-14,19H2,1-3H3/t21-/m0/s1. The van der Waals surface area contributed by atoms with Crippen LogP contribution in [0, 0.1) is 11.3 Å². The molecule has 4 aromatic rings. The second-order valence-corrected chi connectivity index (χ2v) is 10.4. The number of piperidine rings is 1. The van der Waals surface area contributed by atoms with Crippen molar-refractivity contribution in [3.63, 3.8) is 0 Å². The van der Waals surface area contributed by atoms with E-state index < -0.39 is 0 Å². The van der Waals surface area contributed by atoms with Crippen LogP contribution in [0.1, 0.15) is 44.2 Å². The average Bonchev–Trinajstić information content (AvgIpc) is 3.57. The Labute approximate surface area is 218 Å². The van der Waals surface area contributed by atoms with Gasteiger partial charge in [0.25, 0.3) is 0 Å². The Hall–Kier alpha value is -3.89. The lowest BCUT2D eigenvalue weighted by atomic mass is 10.0. The van der Waals surface area contributed by atoms with Crippen molar-refractivity contribution >= 4 is 5.69 Å². The first-order valence-corrected chi connectivity index (χ1v) is 13.3. The number of hydrogen-bond donors (Lipinski definition) is 0. The molecule has 0 saturated carbocycles. The molecule has 0 aliphatic carbocycles. The molecule has 0 amide bonds. The summed E-state index contributed by atoms with van der Waals surface area (Å²) in [5, 5.41) is 17.9. The molecule has 2 aromatic heterocycles. The molecule has 7 heteroatoms. The fourth-order valence-electron chi connectivity index (χ4n) is 5.80. The van der Waals surface area contributed by atoms with Crippen molar-refractivity contribution in [3.05, 3.63) is 72.2 Å². The van der Waals surface area contributed by atoms with Crippen LogP contribution in [0.25, 0.3) is 28.3 Å². The number of benzene rings is 2. The highest BCUT2D eigenvalue weighted by atomic mass is 15.3. The molecule has 2 aromatic carbocycles. The van der Waals surface area contributed by atoms with Gasteiger partial charge >= 0.3 is 0 Å². The van der Waals surface area contributed by atoms with Crippen molar-refractivity contribution in [1.82, 2.24) is 24.2 Å². The molecular formula is C30H33N7. The minimum Gasteiger partial charge on any atom is -0.371 e. The van der Waals surface area contributed by atoms with Crippen LogP contribution < -0.4 is 4.90 Å². The third kappa shape index (κ3) is 4.21. The Morgan fingerprint density at radius 2 is 1.86 bits per heavy atom. The van der Waals surface area contributed by atoms with Crippen LogP contribution in [0.4, 0.5) is 5.69 Å². The first kappa shape index (κ1) is 23.5. The molecule has 6 rings (SSSR count). The second kappa shape index (κ2) is 9.53. The van der Waals surface area contributed by atoms with E-state index in [0.29, 0.717) is 17.6 Å². The fourth-order valence-corrected chi connectivity index (χ4v) is 5.80. The normalized spacial score (nSPS) is 16.0. The minimum atomic E-state index is 0.631. The number of aromatic nitrogens is 4. The van der Waals surface area contributed by atoms with Crippen molar-refractivity contribution < 1.29 is 0 Å². The zero-order valence-electron chi connectivity index (χ0n) is 21.8. The molecule has 0 bridgehead atoms. The van der Waals surface area contributed by atoms with Crippen molar-refractivity contribution in [3.8, 4) is 34.4 Å². The molecule has 1 fully saturated rings. The second-order valence-electron chi connectivity index (χ2n) is 10.4. The predicted molar refractivity (Wildman–Crippen MR) is 147 cm³/mol. The molecule has 7 nitrogen and oxygen atoms in total. The van der Waals surface area contributed by atoms with Gasteiger partial charge in [-0.15, -0.1) is 10.2 Å². The van der Waals surface area contributed by atoms with Crippen LogP contribution in [0.5, 0.6) is 0 Å². The molecule has 0 spiro atoms. The lowest BCUT2D eigenvalue weighted by Gasteiger charge is -2.40. The maximum atomic E-state index is 9.15. The van der Waals surface area contributed by atoms with Gasteiger partial charge in [0.2, 0.25) is 0 Å². The van der Waals surface area contributed by atoms with Crippen LogP contribution >= 0.6 is 0 Å². The van der Waals surface area contributed by atoms with Crippen molar-refractivity contribution in [2.24, 2.45) is 0 Å². The Bertz CT molecular complexity index is 1450. The lowest BCUT2D eigenvalue weighted by Crippen LogP contribution is -2.46. The summed E-state index contributed by atoms with van der Waals surface area (Å²) >= 11 is 0. The SMILES string of the molecule is CC[C@H](C)N(C)C1CCN(c2ccc3c(c2)Cn2cc(-c4ccc(C#N)cc4)cc2-c2nncn2-3)CC1. The van der Waals surface area contributed by atoms with Crippen molar-refractivity contribution in [1.29, 1.82) is 5.26 Å². The summed E-state index contributed by atoms with van der Waals surface area (Å²) < 4.78 is 4.38. The van der Waals surface area contributed by atoms with Crippen LogP contribution in [-0.2, 0) is 6.54 Å². The molecular weight excluding hydrogens is 458 g/mol. The van der Waals surface area contributed by atoms with Gasteiger partial charge in [-0.1, -0.05) is 19.1 Å². The van der Waals surface area contributed by atoms with E-state index in [1.807, 2.05) is 30.6 Å². The molecule has 4 heterocycles. The molecule has 37 heavy (non-hydrogen) atoms. The molecule has 2 aliphatic heterocycles. The molecule has 2 aliphatic rings. The van der Waals surface area contributed by atoms with E-state index >= 15 is 0 Å². The highest BCUT2D eigenvalue weighted by molar-refractivity contribution is 5.72. The predicted octanol–water partition coefficient (Wildman–Crippen LogP) is 5.34. The third-order valence-electron chi connectivity index (χ3n) is 8.38. The molecule has 0 N–H and O–H groups in total. The van der Waals surface area contributed by atoms with E-state index in [0.717, 1.165) is 48.0 Å². The maximum Gasteiger partial charge on any atom is 0.185 e. The van der Waals surface area contributed by atoms with Crippen LogP contribution in [0.2, 0.25) is 0 Å². The number of nitrogens with zero attached hydrogens (tertiary/aromatic N) is 7. The Kier molecular flexibility index (Phi) is 6.05. The van der Waals surface area contributed by atoms with E-state index in [4.69, 9.17) is 5.26 Å². The summed E-state index contributed by atoms with van der Waals surface area (Å²) in [4.78, 5) is 5.11. The Morgan fingerprint density at radius 3 is 2.59 bits per heavy atom. The first-order valence-electron chi connectivity index (χ1n) is 13.3. The summed E-state index contributed by atoms with van der Waals surface area (Å²) in [7, 11) is 2.29. The highest BCUT2D eigenvalue weighted by Crippen LogP contribution is 2.35. The van der Waals surface area contributed by atoms with E-state index in [2.05, 4.69) is 86.6 Å². The van der Waals surface area contributed by atoms with E-state index in [9.17, 15) is 0 Å². The van der Waals surface area contributed by atoms with Gasteiger partial charge in [0, 0.05) is 49.2 Å². The van der Waals surface area contributed by atoms with E-state index in [-0.39, 0.29) is 0 Å².